The van der Waals surface area contributed by atoms with Crippen molar-refractivity contribution in [2.45, 2.75) is 52.0 Å². The van der Waals surface area contributed by atoms with Gasteiger partial charge in [-0.3, -0.25) is 11.3 Å². The molecule has 3 N–H and O–H groups in total. The van der Waals surface area contributed by atoms with Crippen LogP contribution in [0.1, 0.15) is 39.5 Å². The Kier molecular flexibility index (Phi) is 9.77. The van der Waals surface area contributed by atoms with E-state index in [9.17, 15) is 8.78 Å². The Balaban J connectivity index is 3.58. The van der Waals surface area contributed by atoms with Crippen LogP contribution in [0.3, 0.4) is 0 Å². The zero-order chi connectivity index (χ0) is 12.4. The molecule has 0 aromatic heterocycles. The van der Waals surface area contributed by atoms with Crippen LogP contribution in [0.5, 0.6) is 0 Å². The van der Waals surface area contributed by atoms with E-state index in [1.54, 1.807) is 0 Å². The summed E-state index contributed by atoms with van der Waals surface area (Å²) in [5.41, 5.74) is 2.71. The molecule has 0 rings (SSSR count). The maximum absolute atomic E-state index is 11.8. The molecular formula is C11H24F2N2O. The molecule has 0 aromatic carbocycles. The number of nitrogens with two attached hydrogens (primary N) is 1. The normalized spacial score (nSPS) is 15.4. The number of nitrogens with one attached hydrogen (secondary N) is 1. The first-order valence-electron chi connectivity index (χ1n) is 5.92. The maximum Gasteiger partial charge on any atom is 0.261 e. The molecular weight excluding hydrogens is 214 g/mol. The highest BCUT2D eigenvalue weighted by atomic mass is 19.3. The molecule has 2 atom stereocenters. The van der Waals surface area contributed by atoms with Gasteiger partial charge in [-0.2, -0.15) is 0 Å². The molecule has 5 heteroatoms. The van der Waals surface area contributed by atoms with E-state index in [-0.39, 0.29) is 6.04 Å². The van der Waals surface area contributed by atoms with E-state index in [0.717, 1.165) is 19.3 Å². The van der Waals surface area contributed by atoms with Crippen LogP contribution in [0.2, 0.25) is 0 Å². The highest BCUT2D eigenvalue weighted by Crippen LogP contribution is 2.14. The Morgan fingerprint density at radius 2 is 2.00 bits per heavy atom. The van der Waals surface area contributed by atoms with Crippen molar-refractivity contribution in [3.63, 3.8) is 0 Å². The SMILES string of the molecule is CCCC(C)CC(CCOCC(F)F)NN. The van der Waals surface area contributed by atoms with E-state index in [1.165, 1.54) is 0 Å². The minimum Gasteiger partial charge on any atom is -0.375 e. The van der Waals surface area contributed by atoms with Crippen molar-refractivity contribution in [2.24, 2.45) is 11.8 Å². The number of hydrogen-bond donors (Lipinski definition) is 2. The molecule has 0 saturated carbocycles. The molecule has 0 heterocycles. The number of alkyl halides is 2. The fraction of sp³-hybridized carbons (Fsp3) is 1.00. The van der Waals surface area contributed by atoms with Gasteiger partial charge in [0, 0.05) is 12.6 Å². The van der Waals surface area contributed by atoms with Crippen molar-refractivity contribution in [1.29, 1.82) is 0 Å². The second-order valence-corrected chi connectivity index (χ2v) is 4.25. The van der Waals surface area contributed by atoms with E-state index in [1.807, 2.05) is 0 Å². The van der Waals surface area contributed by atoms with Gasteiger partial charge in [0.15, 0.2) is 0 Å². The Morgan fingerprint density at radius 3 is 2.50 bits per heavy atom. The monoisotopic (exact) mass is 238 g/mol. The van der Waals surface area contributed by atoms with Crippen LogP contribution in [-0.4, -0.2) is 25.7 Å². The number of rotatable bonds is 10. The first-order valence-corrected chi connectivity index (χ1v) is 5.92. The van der Waals surface area contributed by atoms with E-state index in [0.29, 0.717) is 18.9 Å². The van der Waals surface area contributed by atoms with E-state index < -0.39 is 13.0 Å². The molecule has 0 spiro atoms. The molecule has 98 valence electrons. The van der Waals surface area contributed by atoms with Crippen molar-refractivity contribution in [3.05, 3.63) is 0 Å². The first kappa shape index (κ1) is 15.7. The molecule has 0 aromatic rings. The second kappa shape index (κ2) is 9.93. The van der Waals surface area contributed by atoms with Gasteiger partial charge in [-0.1, -0.05) is 26.7 Å². The smallest absolute Gasteiger partial charge is 0.261 e. The second-order valence-electron chi connectivity index (χ2n) is 4.25. The molecule has 0 radical (unpaired) electrons. The predicted molar refractivity (Wildman–Crippen MR) is 61.2 cm³/mol. The van der Waals surface area contributed by atoms with Crippen LogP contribution in [0, 0.1) is 5.92 Å². The van der Waals surface area contributed by atoms with Crippen LogP contribution in [0.15, 0.2) is 0 Å². The number of halogens is 2. The molecule has 0 aliphatic carbocycles. The molecule has 16 heavy (non-hydrogen) atoms. The molecule has 0 aliphatic rings. The summed E-state index contributed by atoms with van der Waals surface area (Å²) in [7, 11) is 0. The highest BCUT2D eigenvalue weighted by Gasteiger charge is 2.11. The van der Waals surface area contributed by atoms with Crippen molar-refractivity contribution in [3.8, 4) is 0 Å². The third-order valence-electron chi connectivity index (χ3n) is 2.56. The molecule has 2 unspecified atom stereocenters. The summed E-state index contributed by atoms with van der Waals surface area (Å²) in [5, 5.41) is 0. The zero-order valence-corrected chi connectivity index (χ0v) is 10.2. The summed E-state index contributed by atoms with van der Waals surface area (Å²) in [4.78, 5) is 0. The summed E-state index contributed by atoms with van der Waals surface area (Å²) >= 11 is 0. The summed E-state index contributed by atoms with van der Waals surface area (Å²) in [6.07, 6.45) is 1.57. The van der Waals surface area contributed by atoms with Gasteiger partial charge in [0.05, 0.1) is 0 Å². The molecule has 0 saturated heterocycles. The zero-order valence-electron chi connectivity index (χ0n) is 10.2. The average Bonchev–Trinajstić information content (AvgIpc) is 2.22. The lowest BCUT2D eigenvalue weighted by Crippen LogP contribution is -2.37. The summed E-state index contributed by atoms with van der Waals surface area (Å²) in [6.45, 7) is 4.17. The van der Waals surface area contributed by atoms with Gasteiger partial charge in [0.2, 0.25) is 0 Å². The van der Waals surface area contributed by atoms with Gasteiger partial charge in [-0.15, -0.1) is 0 Å². The lowest BCUT2D eigenvalue weighted by molar-refractivity contribution is 0.0138. The van der Waals surface area contributed by atoms with Gasteiger partial charge in [-0.05, 0) is 18.8 Å². The van der Waals surface area contributed by atoms with E-state index in [4.69, 9.17) is 10.6 Å². The van der Waals surface area contributed by atoms with Gasteiger partial charge < -0.3 is 4.74 Å². The topological polar surface area (TPSA) is 47.3 Å². The molecule has 0 fully saturated rings. The lowest BCUT2D eigenvalue weighted by atomic mass is 9.96. The summed E-state index contributed by atoms with van der Waals surface area (Å²) in [5.74, 6) is 6.00. The quantitative estimate of drug-likeness (QED) is 0.349. The molecule has 3 nitrogen and oxygen atoms in total. The van der Waals surface area contributed by atoms with Gasteiger partial charge in [0.25, 0.3) is 6.43 Å². The standard InChI is InChI=1S/C11H24F2N2O/c1-3-4-9(2)7-10(15-14)5-6-16-8-11(12)13/h9-11,15H,3-8,14H2,1-2H3. The van der Waals surface area contributed by atoms with Crippen molar-refractivity contribution in [2.75, 3.05) is 13.2 Å². The average molecular weight is 238 g/mol. The van der Waals surface area contributed by atoms with Crippen molar-refractivity contribution < 1.29 is 13.5 Å². The Morgan fingerprint density at radius 1 is 1.31 bits per heavy atom. The number of hydrazine groups is 1. The summed E-state index contributed by atoms with van der Waals surface area (Å²) in [6, 6.07) is 0.152. The third kappa shape index (κ3) is 9.00. The molecule has 0 aliphatic heterocycles. The number of hydrogen-bond acceptors (Lipinski definition) is 3. The van der Waals surface area contributed by atoms with Crippen molar-refractivity contribution >= 4 is 0 Å². The van der Waals surface area contributed by atoms with E-state index >= 15 is 0 Å². The fourth-order valence-electron chi connectivity index (χ4n) is 1.76. The third-order valence-corrected chi connectivity index (χ3v) is 2.56. The lowest BCUT2D eigenvalue weighted by Gasteiger charge is -2.19. The van der Waals surface area contributed by atoms with Crippen LogP contribution >= 0.6 is 0 Å². The largest absolute Gasteiger partial charge is 0.375 e. The van der Waals surface area contributed by atoms with Crippen LogP contribution in [-0.2, 0) is 4.74 Å². The Hall–Kier alpha value is -0.260. The molecule has 0 amide bonds. The molecule has 0 bridgehead atoms. The fourth-order valence-corrected chi connectivity index (χ4v) is 1.76. The van der Waals surface area contributed by atoms with Gasteiger partial charge in [-0.25, -0.2) is 8.78 Å². The predicted octanol–water partition coefficient (Wildman–Crippen LogP) is 2.32. The van der Waals surface area contributed by atoms with Crippen LogP contribution < -0.4 is 11.3 Å². The van der Waals surface area contributed by atoms with Crippen molar-refractivity contribution in [1.82, 2.24) is 5.43 Å². The minimum atomic E-state index is -2.39. The Bertz CT molecular complexity index is 159. The number of ether oxygens (including phenoxy) is 1. The highest BCUT2D eigenvalue weighted by molar-refractivity contribution is 4.67. The Labute approximate surface area is 96.7 Å². The van der Waals surface area contributed by atoms with Gasteiger partial charge in [0.1, 0.15) is 6.61 Å². The first-order chi connectivity index (χ1) is 7.60. The maximum atomic E-state index is 11.8. The van der Waals surface area contributed by atoms with Crippen LogP contribution in [0.25, 0.3) is 0 Å². The van der Waals surface area contributed by atoms with E-state index in [2.05, 4.69) is 19.3 Å². The minimum absolute atomic E-state index is 0.152. The van der Waals surface area contributed by atoms with Gasteiger partial charge >= 0.3 is 0 Å². The summed E-state index contributed by atoms with van der Waals surface area (Å²) < 4.78 is 28.4. The van der Waals surface area contributed by atoms with Crippen LogP contribution in [0.4, 0.5) is 8.78 Å².